The molecule has 73 valence electrons. The van der Waals surface area contributed by atoms with Crippen molar-refractivity contribution in [3.8, 4) is 11.5 Å². The maximum Gasteiger partial charge on any atom is 0.226 e. The molecule has 0 aliphatic carbocycles. The number of allylic oxidation sites excluding steroid dienone is 1. The van der Waals surface area contributed by atoms with Gasteiger partial charge in [0, 0.05) is 11.1 Å². The maximum absolute atomic E-state index is 11.5. The van der Waals surface area contributed by atoms with Crippen LogP contribution in [0.25, 0.3) is 11.5 Å². The van der Waals surface area contributed by atoms with Crippen LogP contribution in [0.3, 0.4) is 0 Å². The molecule has 0 atom stereocenters. The zero-order chi connectivity index (χ0) is 10.7. The monoisotopic (exact) mass is 198 g/mol. The number of hydrogen-bond acceptors (Lipinski definition) is 3. The van der Waals surface area contributed by atoms with Crippen molar-refractivity contribution in [2.75, 3.05) is 0 Å². The van der Waals surface area contributed by atoms with Gasteiger partial charge in [-0.3, -0.25) is 4.79 Å². The number of ketones is 1. The Kier molecular flexibility index (Phi) is 2.46. The summed E-state index contributed by atoms with van der Waals surface area (Å²) in [4.78, 5) is 15.5. The average Bonchev–Trinajstić information content (AvgIpc) is 2.81. The van der Waals surface area contributed by atoms with Gasteiger partial charge in [-0.1, -0.05) is 12.6 Å². The molecule has 1 heterocycles. The van der Waals surface area contributed by atoms with Gasteiger partial charge in [0.05, 0.1) is 6.20 Å². The van der Waals surface area contributed by atoms with Crippen molar-refractivity contribution in [3.63, 3.8) is 0 Å². The van der Waals surface area contributed by atoms with E-state index >= 15 is 0 Å². The Bertz CT molecular complexity index is 486. The number of rotatable bonds is 3. The molecule has 0 saturated heterocycles. The molecule has 0 N–H and O–H groups in total. The van der Waals surface area contributed by atoms with E-state index in [9.17, 15) is 4.79 Å². The number of nitrogens with zero attached hydrogens (tertiary/aromatic N) is 1. The zero-order valence-electron chi connectivity index (χ0n) is 7.93. The van der Waals surface area contributed by atoms with E-state index in [2.05, 4.69) is 17.6 Å². The topological polar surface area (TPSA) is 43.1 Å². The Morgan fingerprint density at radius 3 is 3.13 bits per heavy atom. The van der Waals surface area contributed by atoms with E-state index in [1.54, 1.807) is 18.2 Å². The molecule has 0 fully saturated rings. The van der Waals surface area contributed by atoms with Crippen LogP contribution in [0.15, 0.2) is 47.7 Å². The van der Waals surface area contributed by atoms with Gasteiger partial charge in [-0.2, -0.15) is 0 Å². The molecule has 3 heteroatoms. The molecule has 0 bridgehead atoms. The smallest absolute Gasteiger partial charge is 0.226 e. The van der Waals surface area contributed by atoms with Gasteiger partial charge >= 0.3 is 0 Å². The number of benzene rings is 1. The van der Waals surface area contributed by atoms with Crippen molar-refractivity contribution in [1.29, 1.82) is 0 Å². The first-order valence-electron chi connectivity index (χ1n) is 4.39. The van der Waals surface area contributed by atoms with Gasteiger partial charge in [-0.25, -0.2) is 4.98 Å². The number of hydrogen-bond donors (Lipinski definition) is 0. The first kappa shape index (κ1) is 9.40. The van der Waals surface area contributed by atoms with Crippen molar-refractivity contribution >= 4 is 5.78 Å². The van der Waals surface area contributed by atoms with Crippen LogP contribution >= 0.6 is 0 Å². The molecule has 0 saturated carbocycles. The average molecular weight is 198 g/mol. The molecule has 0 aliphatic heterocycles. The third-order valence-electron chi connectivity index (χ3n) is 1.98. The highest BCUT2D eigenvalue weighted by Gasteiger charge is 2.12. The van der Waals surface area contributed by atoms with Crippen molar-refractivity contribution in [1.82, 2.24) is 4.98 Å². The summed E-state index contributed by atoms with van der Waals surface area (Å²) in [5.41, 5.74) is 1.15. The summed E-state index contributed by atoms with van der Waals surface area (Å²) in [7, 11) is 0. The number of aromatic nitrogens is 1. The summed E-state index contributed by atoms with van der Waals surface area (Å²) in [6, 6.07) is 7.89. The maximum atomic E-state index is 11.5. The van der Waals surface area contributed by atoms with Crippen LogP contribution in [-0.2, 0) is 0 Å². The third-order valence-corrected chi connectivity index (χ3v) is 1.98. The zero-order valence-corrected chi connectivity index (χ0v) is 7.93. The molecule has 3 nitrogen and oxygen atoms in total. The lowest BCUT2D eigenvalue weighted by molar-refractivity contribution is 0.104. The highest BCUT2D eigenvalue weighted by atomic mass is 16.3. The molecular weight excluding hydrogens is 190 g/mol. The second kappa shape index (κ2) is 3.92. The van der Waals surface area contributed by atoms with Gasteiger partial charge in [-0.05, 0) is 24.3 Å². The van der Waals surface area contributed by atoms with Crippen molar-refractivity contribution in [3.05, 3.63) is 54.9 Å². The van der Waals surface area contributed by atoms with Gasteiger partial charge in [0.2, 0.25) is 5.89 Å². The van der Waals surface area contributed by atoms with E-state index in [0.29, 0.717) is 17.0 Å². The lowest BCUT2D eigenvalue weighted by Gasteiger charge is -2.01. The van der Waals surface area contributed by atoms with Crippen LogP contribution in [0.2, 0.25) is 0 Å². The van der Waals surface area contributed by atoms with E-state index in [1.807, 2.05) is 0 Å². The lowest BCUT2D eigenvalue weighted by atomic mass is 10.0. The van der Waals surface area contributed by atoms with Crippen LogP contribution in [0.5, 0.6) is 0 Å². The normalized spacial score (nSPS) is 9.87. The fraction of sp³-hybridized carbons (Fsp3) is 0. The molecular formula is C12H8NO2. The molecule has 1 aromatic carbocycles. The molecule has 1 aromatic heterocycles. The molecule has 0 aliphatic rings. The number of oxazole rings is 1. The largest absolute Gasteiger partial charge is 0.445 e. The summed E-state index contributed by atoms with van der Waals surface area (Å²) < 4.78 is 5.14. The van der Waals surface area contributed by atoms with E-state index in [0.717, 1.165) is 0 Å². The first-order chi connectivity index (χ1) is 7.33. The Labute approximate surface area is 87.1 Å². The van der Waals surface area contributed by atoms with E-state index < -0.39 is 0 Å². The van der Waals surface area contributed by atoms with Gasteiger partial charge < -0.3 is 4.42 Å². The van der Waals surface area contributed by atoms with Gasteiger partial charge in [0.15, 0.2) is 5.78 Å². The molecule has 0 amide bonds. The Balaban J connectivity index is 2.57. The summed E-state index contributed by atoms with van der Waals surface area (Å²) in [6.45, 7) is 3.44. The molecule has 0 spiro atoms. The minimum atomic E-state index is -0.167. The second-order valence-corrected chi connectivity index (χ2v) is 2.88. The first-order valence-corrected chi connectivity index (χ1v) is 4.39. The van der Waals surface area contributed by atoms with Crippen LogP contribution in [0, 0.1) is 6.07 Å². The fourth-order valence-electron chi connectivity index (χ4n) is 1.29. The number of carbonyl (C=O) groups is 1. The number of carbonyl (C=O) groups excluding carboxylic acids is 1. The van der Waals surface area contributed by atoms with Crippen molar-refractivity contribution in [2.45, 2.75) is 0 Å². The quantitative estimate of drug-likeness (QED) is 0.562. The summed E-state index contributed by atoms with van der Waals surface area (Å²) in [6.07, 6.45) is 4.26. The predicted molar refractivity (Wildman–Crippen MR) is 55.3 cm³/mol. The fourth-order valence-corrected chi connectivity index (χ4v) is 1.29. The van der Waals surface area contributed by atoms with Crippen molar-refractivity contribution < 1.29 is 9.21 Å². The summed E-state index contributed by atoms with van der Waals surface area (Å²) >= 11 is 0. The third kappa shape index (κ3) is 1.72. The lowest BCUT2D eigenvalue weighted by Crippen LogP contribution is -1.97. The van der Waals surface area contributed by atoms with Crippen LogP contribution in [0.1, 0.15) is 10.4 Å². The van der Waals surface area contributed by atoms with E-state index in [4.69, 9.17) is 4.42 Å². The van der Waals surface area contributed by atoms with Crippen LogP contribution < -0.4 is 0 Å². The van der Waals surface area contributed by atoms with Gasteiger partial charge in [0.1, 0.15) is 6.26 Å². The molecule has 15 heavy (non-hydrogen) atoms. The van der Waals surface area contributed by atoms with Gasteiger partial charge in [0.25, 0.3) is 0 Å². The Hall–Kier alpha value is -2.16. The minimum Gasteiger partial charge on any atom is -0.445 e. The molecule has 2 rings (SSSR count). The highest BCUT2D eigenvalue weighted by Crippen LogP contribution is 2.22. The van der Waals surface area contributed by atoms with Crippen LogP contribution in [0.4, 0.5) is 0 Å². The van der Waals surface area contributed by atoms with E-state index in [1.165, 1.54) is 18.5 Å². The SMILES string of the molecule is C=CC(=O)c1c[c]ccc1-c1ncco1. The minimum absolute atomic E-state index is 0.167. The standard InChI is InChI=1S/C12H8NO2/c1-2-11(14)9-5-3-4-6-10(9)12-13-7-8-15-12/h2,4-8H,1H2. The van der Waals surface area contributed by atoms with Gasteiger partial charge in [-0.15, -0.1) is 0 Å². The van der Waals surface area contributed by atoms with Crippen LogP contribution in [-0.4, -0.2) is 10.8 Å². The molecule has 2 aromatic rings. The second-order valence-electron chi connectivity index (χ2n) is 2.88. The highest BCUT2D eigenvalue weighted by molar-refractivity contribution is 6.08. The summed E-state index contributed by atoms with van der Waals surface area (Å²) in [5.74, 6) is 0.259. The Morgan fingerprint density at radius 2 is 2.47 bits per heavy atom. The van der Waals surface area contributed by atoms with E-state index in [-0.39, 0.29) is 5.78 Å². The predicted octanol–water partition coefficient (Wildman–Crippen LogP) is 2.51. The molecule has 1 radical (unpaired) electrons. The molecule has 0 unspecified atom stereocenters. The Morgan fingerprint density at radius 1 is 1.60 bits per heavy atom. The van der Waals surface area contributed by atoms with Crippen molar-refractivity contribution in [2.24, 2.45) is 0 Å². The summed E-state index contributed by atoms with van der Waals surface area (Å²) in [5, 5.41) is 0.